The minimum absolute atomic E-state index is 0.115. The van der Waals surface area contributed by atoms with E-state index < -0.39 is 12.1 Å². The molecule has 3 aromatic rings. The molecule has 0 spiro atoms. The minimum Gasteiger partial charge on any atom is -0.340 e. The second-order valence-corrected chi connectivity index (χ2v) is 8.16. The second kappa shape index (κ2) is 8.19. The number of rotatable bonds is 4. The van der Waals surface area contributed by atoms with E-state index in [1.54, 1.807) is 21.9 Å². The number of fused-ring (bicyclic) bond motifs is 1. The van der Waals surface area contributed by atoms with E-state index in [4.69, 9.17) is 0 Å². The van der Waals surface area contributed by atoms with Gasteiger partial charge in [0, 0.05) is 24.8 Å². The number of aromatic nitrogens is 3. The Hall–Kier alpha value is -3.83. The van der Waals surface area contributed by atoms with Crippen LogP contribution in [0.5, 0.6) is 0 Å². The first-order valence-corrected chi connectivity index (χ1v) is 10.4. The molecule has 2 aromatic heterocycles. The SMILES string of the molecule is O=C(Cc1ccc(F)cc1)N1CCC(N2Cc3ncc(-c4noc(C(F)(F)F)n4)cc3C2=O)C1. The predicted molar refractivity (Wildman–Crippen MR) is 107 cm³/mol. The lowest BCUT2D eigenvalue weighted by Crippen LogP contribution is -2.39. The molecule has 0 aliphatic carbocycles. The summed E-state index contributed by atoms with van der Waals surface area (Å²) in [5.74, 6) is -2.60. The maximum absolute atomic E-state index is 13.1. The molecule has 2 aliphatic rings. The number of hydrogen-bond donors (Lipinski definition) is 0. The Morgan fingerprint density at radius 3 is 2.68 bits per heavy atom. The van der Waals surface area contributed by atoms with Gasteiger partial charge < -0.3 is 14.3 Å². The van der Waals surface area contributed by atoms with E-state index >= 15 is 0 Å². The standard InChI is InChI=1S/C22H17F4N5O3/c23-14-3-1-12(2-4-14)7-18(32)30-6-5-15(10-30)31-11-17-16(20(31)33)8-13(9-27-17)19-28-21(34-29-19)22(24,25)26/h1-4,8-9,15H,5-7,10-11H2. The van der Waals surface area contributed by atoms with Crippen LogP contribution in [0.3, 0.4) is 0 Å². The Morgan fingerprint density at radius 1 is 1.21 bits per heavy atom. The molecule has 2 amide bonds. The molecule has 0 N–H and O–H groups in total. The van der Waals surface area contributed by atoms with Crippen LogP contribution < -0.4 is 0 Å². The summed E-state index contributed by atoms with van der Waals surface area (Å²) in [5, 5.41) is 3.33. The smallest absolute Gasteiger partial charge is 0.340 e. The van der Waals surface area contributed by atoms with Crippen LogP contribution in [0.1, 0.15) is 33.9 Å². The third-order valence-electron chi connectivity index (χ3n) is 5.93. The molecule has 1 saturated heterocycles. The van der Waals surface area contributed by atoms with Crippen LogP contribution in [0, 0.1) is 5.82 Å². The zero-order valence-electron chi connectivity index (χ0n) is 17.5. The summed E-state index contributed by atoms with van der Waals surface area (Å²) < 4.78 is 55.5. The van der Waals surface area contributed by atoms with E-state index in [1.165, 1.54) is 24.4 Å². The van der Waals surface area contributed by atoms with Gasteiger partial charge in [0.25, 0.3) is 5.91 Å². The van der Waals surface area contributed by atoms with Crippen LogP contribution in [0.15, 0.2) is 41.1 Å². The van der Waals surface area contributed by atoms with Crippen molar-refractivity contribution in [1.82, 2.24) is 24.9 Å². The van der Waals surface area contributed by atoms with Crippen molar-refractivity contribution in [3.8, 4) is 11.4 Å². The van der Waals surface area contributed by atoms with Gasteiger partial charge >= 0.3 is 12.1 Å². The van der Waals surface area contributed by atoms with E-state index in [-0.39, 0.29) is 53.6 Å². The molecule has 2 aliphatic heterocycles. The van der Waals surface area contributed by atoms with Crippen LogP contribution in [0.4, 0.5) is 17.6 Å². The number of alkyl halides is 3. The molecule has 1 fully saturated rings. The number of hydrogen-bond acceptors (Lipinski definition) is 6. The first-order chi connectivity index (χ1) is 16.2. The number of likely N-dealkylation sites (tertiary alicyclic amines) is 1. The van der Waals surface area contributed by atoms with Crippen LogP contribution in [-0.2, 0) is 23.9 Å². The highest BCUT2D eigenvalue weighted by Gasteiger charge is 2.40. The van der Waals surface area contributed by atoms with Crippen molar-refractivity contribution < 1.29 is 31.7 Å². The van der Waals surface area contributed by atoms with E-state index in [9.17, 15) is 27.2 Å². The topological polar surface area (TPSA) is 92.4 Å². The molecule has 8 nitrogen and oxygen atoms in total. The van der Waals surface area contributed by atoms with Crippen LogP contribution in [0.25, 0.3) is 11.4 Å². The summed E-state index contributed by atoms with van der Waals surface area (Å²) >= 11 is 0. The van der Waals surface area contributed by atoms with E-state index in [2.05, 4.69) is 19.6 Å². The lowest BCUT2D eigenvalue weighted by Gasteiger charge is -2.24. The van der Waals surface area contributed by atoms with Crippen molar-refractivity contribution in [1.29, 1.82) is 0 Å². The van der Waals surface area contributed by atoms with Crippen molar-refractivity contribution in [3.63, 3.8) is 0 Å². The van der Waals surface area contributed by atoms with Gasteiger partial charge in [0.1, 0.15) is 5.82 Å². The van der Waals surface area contributed by atoms with Crippen molar-refractivity contribution >= 4 is 11.8 Å². The molecule has 0 saturated carbocycles. The van der Waals surface area contributed by atoms with Gasteiger partial charge in [-0.1, -0.05) is 17.3 Å². The number of amides is 2. The van der Waals surface area contributed by atoms with Crippen molar-refractivity contribution in [2.24, 2.45) is 0 Å². The monoisotopic (exact) mass is 475 g/mol. The van der Waals surface area contributed by atoms with Gasteiger partial charge in [-0.15, -0.1) is 0 Å². The Morgan fingerprint density at radius 2 is 1.97 bits per heavy atom. The van der Waals surface area contributed by atoms with Crippen LogP contribution >= 0.6 is 0 Å². The molecule has 34 heavy (non-hydrogen) atoms. The molecule has 5 rings (SSSR count). The average molecular weight is 475 g/mol. The first-order valence-electron chi connectivity index (χ1n) is 10.4. The highest BCUT2D eigenvalue weighted by Crippen LogP contribution is 2.32. The molecular formula is C22H17F4N5O3. The highest BCUT2D eigenvalue weighted by atomic mass is 19.4. The summed E-state index contributed by atoms with van der Waals surface area (Å²) in [6.45, 7) is 1.07. The summed E-state index contributed by atoms with van der Waals surface area (Å²) in [7, 11) is 0. The van der Waals surface area contributed by atoms with E-state index in [0.29, 0.717) is 30.8 Å². The zero-order valence-corrected chi connectivity index (χ0v) is 17.5. The number of carbonyl (C=O) groups excluding carboxylic acids is 2. The molecular weight excluding hydrogens is 458 g/mol. The van der Waals surface area contributed by atoms with Gasteiger partial charge in [-0.25, -0.2) is 4.39 Å². The average Bonchev–Trinajstić information content (AvgIpc) is 3.54. The van der Waals surface area contributed by atoms with Gasteiger partial charge in [-0.3, -0.25) is 14.6 Å². The lowest BCUT2D eigenvalue weighted by molar-refractivity contribution is -0.159. The van der Waals surface area contributed by atoms with Crippen molar-refractivity contribution in [2.45, 2.75) is 31.6 Å². The lowest BCUT2D eigenvalue weighted by atomic mass is 10.1. The molecule has 0 radical (unpaired) electrons. The highest BCUT2D eigenvalue weighted by molar-refractivity contribution is 5.99. The molecule has 176 valence electrons. The maximum Gasteiger partial charge on any atom is 0.471 e. The second-order valence-electron chi connectivity index (χ2n) is 8.16. The maximum atomic E-state index is 13.1. The summed E-state index contributed by atoms with van der Waals surface area (Å²) in [5.41, 5.74) is 1.58. The third-order valence-corrected chi connectivity index (χ3v) is 5.93. The first kappa shape index (κ1) is 22.0. The van der Waals surface area contributed by atoms with Gasteiger partial charge in [-0.2, -0.15) is 18.2 Å². The molecule has 12 heteroatoms. The van der Waals surface area contributed by atoms with Gasteiger partial charge in [0.05, 0.1) is 30.3 Å². The molecule has 4 heterocycles. The number of pyridine rings is 1. The predicted octanol–water partition coefficient (Wildman–Crippen LogP) is 3.09. The summed E-state index contributed by atoms with van der Waals surface area (Å²) in [6.07, 6.45) is -2.75. The van der Waals surface area contributed by atoms with Gasteiger partial charge in [0.2, 0.25) is 11.7 Å². The normalized spacial score (nSPS) is 18.0. The van der Waals surface area contributed by atoms with E-state index in [0.717, 1.165) is 0 Å². The summed E-state index contributed by atoms with van der Waals surface area (Å²) in [4.78, 5) is 36.5. The molecule has 1 unspecified atom stereocenters. The minimum atomic E-state index is -4.77. The molecule has 1 atom stereocenters. The Bertz CT molecular complexity index is 1260. The van der Waals surface area contributed by atoms with Crippen LogP contribution in [-0.4, -0.2) is 55.9 Å². The van der Waals surface area contributed by atoms with Crippen molar-refractivity contribution in [3.05, 3.63) is 65.1 Å². The molecule has 0 bridgehead atoms. The number of carbonyl (C=O) groups is 2. The van der Waals surface area contributed by atoms with Gasteiger partial charge in [0.15, 0.2) is 0 Å². The van der Waals surface area contributed by atoms with E-state index in [1.807, 2.05) is 0 Å². The largest absolute Gasteiger partial charge is 0.471 e. The number of nitrogens with zero attached hydrogens (tertiary/aromatic N) is 5. The van der Waals surface area contributed by atoms with Gasteiger partial charge in [-0.05, 0) is 30.2 Å². The van der Waals surface area contributed by atoms with Crippen LogP contribution in [0.2, 0.25) is 0 Å². The number of benzene rings is 1. The van der Waals surface area contributed by atoms with Crippen molar-refractivity contribution in [2.75, 3.05) is 13.1 Å². The third kappa shape index (κ3) is 4.11. The summed E-state index contributed by atoms with van der Waals surface area (Å²) in [6, 6.07) is 6.91. The number of halogens is 4. The quantitative estimate of drug-likeness (QED) is 0.539. The Balaban J connectivity index is 1.26. The Labute approximate surface area is 190 Å². The fourth-order valence-electron chi connectivity index (χ4n) is 4.18. The fraction of sp³-hybridized carbons (Fsp3) is 0.318. The molecule has 1 aromatic carbocycles. The fourth-order valence-corrected chi connectivity index (χ4v) is 4.18. The Kier molecular flexibility index (Phi) is 5.29. The zero-order chi connectivity index (χ0) is 24.0.